The van der Waals surface area contributed by atoms with Crippen molar-refractivity contribution in [3.63, 3.8) is 0 Å². The van der Waals surface area contributed by atoms with Crippen LogP contribution in [0.2, 0.25) is 0 Å². The van der Waals surface area contributed by atoms with Gasteiger partial charge in [0.25, 0.3) is 0 Å². The van der Waals surface area contributed by atoms with Gasteiger partial charge in [-0.3, -0.25) is 9.59 Å². The molecule has 0 radical (unpaired) electrons. The lowest BCUT2D eigenvalue weighted by molar-refractivity contribution is -0.155. The molecule has 0 heterocycles. The first-order chi connectivity index (χ1) is 8.60. The molecule has 1 amide bonds. The Morgan fingerprint density at radius 2 is 1.89 bits per heavy atom. The van der Waals surface area contributed by atoms with Crippen LogP contribution in [0.1, 0.15) is 66.7 Å². The van der Waals surface area contributed by atoms with E-state index in [1.165, 1.54) is 0 Å². The van der Waals surface area contributed by atoms with Crippen LogP contribution in [0.25, 0.3) is 0 Å². The molecule has 0 aliphatic heterocycles. The quantitative estimate of drug-likeness (QED) is 0.798. The first-order valence-electron chi connectivity index (χ1n) is 7.11. The van der Waals surface area contributed by atoms with Crippen LogP contribution >= 0.6 is 0 Å². The molecule has 0 spiro atoms. The van der Waals surface area contributed by atoms with Gasteiger partial charge in [0.15, 0.2) is 0 Å². The van der Waals surface area contributed by atoms with E-state index in [0.29, 0.717) is 0 Å². The van der Waals surface area contributed by atoms with Crippen molar-refractivity contribution in [2.45, 2.75) is 78.4 Å². The van der Waals surface area contributed by atoms with E-state index in [1.54, 1.807) is 0 Å². The number of hydrogen-bond donors (Lipinski definition) is 1. The molecule has 4 nitrogen and oxygen atoms in total. The van der Waals surface area contributed by atoms with E-state index in [0.717, 1.165) is 19.3 Å². The van der Waals surface area contributed by atoms with Gasteiger partial charge < -0.3 is 10.1 Å². The summed E-state index contributed by atoms with van der Waals surface area (Å²) in [6.45, 7) is 9.84. The maximum atomic E-state index is 11.8. The highest BCUT2D eigenvalue weighted by Gasteiger charge is 2.35. The fourth-order valence-corrected chi connectivity index (χ4v) is 2.47. The van der Waals surface area contributed by atoms with Crippen LogP contribution in [0.3, 0.4) is 0 Å². The molecule has 19 heavy (non-hydrogen) atoms. The summed E-state index contributed by atoms with van der Waals surface area (Å²) in [6.07, 6.45) is 3.69. The summed E-state index contributed by atoms with van der Waals surface area (Å²) in [4.78, 5) is 23.4. The first-order valence-corrected chi connectivity index (χ1v) is 7.11. The molecule has 1 aliphatic carbocycles. The Kier molecular flexibility index (Phi) is 4.99. The Balaban J connectivity index is 2.31. The van der Waals surface area contributed by atoms with Gasteiger partial charge in [0, 0.05) is 12.5 Å². The second-order valence-electron chi connectivity index (χ2n) is 7.09. The minimum Gasteiger partial charge on any atom is -0.460 e. The summed E-state index contributed by atoms with van der Waals surface area (Å²) < 4.78 is 5.18. The van der Waals surface area contributed by atoms with Crippen LogP contribution in [0, 0.1) is 5.41 Å². The lowest BCUT2D eigenvalue weighted by Crippen LogP contribution is -2.41. The molecule has 1 atom stereocenters. The summed E-state index contributed by atoms with van der Waals surface area (Å²) in [5.41, 5.74) is -0.317. The third kappa shape index (κ3) is 5.62. The highest BCUT2D eigenvalue weighted by atomic mass is 16.6. The second-order valence-corrected chi connectivity index (χ2v) is 7.09. The Morgan fingerprint density at radius 1 is 1.26 bits per heavy atom. The fraction of sp³-hybridized carbons (Fsp3) is 0.867. The van der Waals surface area contributed by atoms with Gasteiger partial charge in [-0.05, 0) is 39.0 Å². The van der Waals surface area contributed by atoms with Gasteiger partial charge in [-0.2, -0.15) is 0 Å². The summed E-state index contributed by atoms with van der Waals surface area (Å²) >= 11 is 0. The zero-order valence-electron chi connectivity index (χ0n) is 12.8. The average molecular weight is 269 g/mol. The molecule has 0 saturated heterocycles. The Hall–Kier alpha value is -1.06. The molecule has 1 fully saturated rings. The predicted octanol–water partition coefficient (Wildman–Crippen LogP) is 2.80. The second kappa shape index (κ2) is 5.93. The molecule has 4 heteroatoms. The Morgan fingerprint density at radius 3 is 2.37 bits per heavy atom. The molecule has 1 aliphatic rings. The van der Waals surface area contributed by atoms with Crippen molar-refractivity contribution in [1.82, 2.24) is 5.32 Å². The van der Waals surface area contributed by atoms with Gasteiger partial charge in [-0.15, -0.1) is 0 Å². The van der Waals surface area contributed by atoms with Crippen molar-refractivity contribution >= 4 is 11.9 Å². The smallest absolute Gasteiger partial charge is 0.306 e. The van der Waals surface area contributed by atoms with Crippen LogP contribution < -0.4 is 5.32 Å². The number of rotatable bonds is 4. The Labute approximate surface area is 116 Å². The molecule has 1 unspecified atom stereocenters. The number of nitrogens with one attached hydrogen (secondary N) is 1. The molecule has 1 rings (SSSR count). The monoisotopic (exact) mass is 269 g/mol. The van der Waals surface area contributed by atoms with Gasteiger partial charge in [0.05, 0.1) is 6.42 Å². The van der Waals surface area contributed by atoms with Gasteiger partial charge in [-0.1, -0.05) is 20.3 Å². The number of carbonyl (C=O) groups is 2. The van der Waals surface area contributed by atoms with Gasteiger partial charge in [-0.25, -0.2) is 0 Å². The van der Waals surface area contributed by atoms with Crippen LogP contribution in [-0.4, -0.2) is 23.5 Å². The number of ether oxygens (including phenoxy) is 1. The van der Waals surface area contributed by atoms with Crippen LogP contribution in [-0.2, 0) is 14.3 Å². The summed E-state index contributed by atoms with van der Waals surface area (Å²) in [5, 5.41) is 3.04. The van der Waals surface area contributed by atoms with Crippen molar-refractivity contribution in [3.05, 3.63) is 0 Å². The van der Waals surface area contributed by atoms with Gasteiger partial charge in [0.2, 0.25) is 5.91 Å². The largest absolute Gasteiger partial charge is 0.460 e. The normalized spacial score (nSPS) is 22.1. The van der Waals surface area contributed by atoms with Crippen LogP contribution in [0.5, 0.6) is 0 Å². The molecule has 0 aromatic carbocycles. The topological polar surface area (TPSA) is 55.4 Å². The minimum atomic E-state index is -0.485. The molecular formula is C15H27NO3. The number of esters is 1. The van der Waals surface area contributed by atoms with E-state index < -0.39 is 5.60 Å². The molecule has 0 bridgehead atoms. The highest BCUT2D eigenvalue weighted by molar-refractivity contribution is 5.81. The standard InChI is InChI=1S/C15H27NO3/c1-14(2,3)19-13(18)9-8-12(17)16-11-7-6-10-15(11,4)5/h11H,6-10H2,1-5H3,(H,16,17). The van der Waals surface area contributed by atoms with E-state index in [-0.39, 0.29) is 36.2 Å². The van der Waals surface area contributed by atoms with Gasteiger partial charge >= 0.3 is 5.97 Å². The summed E-state index contributed by atoms with van der Waals surface area (Å²) in [5.74, 6) is -0.362. The van der Waals surface area contributed by atoms with E-state index in [2.05, 4.69) is 19.2 Å². The SMILES string of the molecule is CC(C)(C)OC(=O)CCC(=O)NC1CCCC1(C)C. The van der Waals surface area contributed by atoms with Crippen LogP contribution in [0.15, 0.2) is 0 Å². The zero-order chi connectivity index (χ0) is 14.7. The third-order valence-electron chi connectivity index (χ3n) is 3.57. The predicted molar refractivity (Wildman–Crippen MR) is 74.6 cm³/mol. The molecule has 0 aromatic rings. The maximum absolute atomic E-state index is 11.8. The van der Waals surface area contributed by atoms with E-state index in [9.17, 15) is 9.59 Å². The Bertz CT molecular complexity index is 342. The van der Waals surface area contributed by atoms with Crippen molar-refractivity contribution < 1.29 is 14.3 Å². The summed E-state index contributed by atoms with van der Waals surface area (Å²) in [7, 11) is 0. The minimum absolute atomic E-state index is 0.0502. The lowest BCUT2D eigenvalue weighted by Gasteiger charge is -2.27. The third-order valence-corrected chi connectivity index (χ3v) is 3.57. The zero-order valence-corrected chi connectivity index (χ0v) is 12.8. The molecule has 0 aromatic heterocycles. The van der Waals surface area contributed by atoms with Crippen molar-refractivity contribution in [2.75, 3.05) is 0 Å². The van der Waals surface area contributed by atoms with Crippen molar-refractivity contribution in [2.24, 2.45) is 5.41 Å². The number of hydrogen-bond acceptors (Lipinski definition) is 3. The van der Waals surface area contributed by atoms with Gasteiger partial charge in [0.1, 0.15) is 5.60 Å². The maximum Gasteiger partial charge on any atom is 0.306 e. The molecule has 1 N–H and O–H groups in total. The fourth-order valence-electron chi connectivity index (χ4n) is 2.47. The van der Waals surface area contributed by atoms with E-state index in [4.69, 9.17) is 4.74 Å². The number of carbonyl (C=O) groups excluding carboxylic acids is 2. The molecular weight excluding hydrogens is 242 g/mol. The van der Waals surface area contributed by atoms with E-state index >= 15 is 0 Å². The molecule has 110 valence electrons. The number of amides is 1. The average Bonchev–Trinajstić information content (AvgIpc) is 2.53. The lowest BCUT2D eigenvalue weighted by atomic mass is 9.87. The van der Waals surface area contributed by atoms with Crippen molar-refractivity contribution in [3.8, 4) is 0 Å². The summed E-state index contributed by atoms with van der Waals surface area (Å²) in [6, 6.07) is 0.235. The van der Waals surface area contributed by atoms with Crippen LogP contribution in [0.4, 0.5) is 0 Å². The molecule has 1 saturated carbocycles. The first kappa shape index (κ1) is 16.0. The van der Waals surface area contributed by atoms with Crippen molar-refractivity contribution in [1.29, 1.82) is 0 Å². The van der Waals surface area contributed by atoms with E-state index in [1.807, 2.05) is 20.8 Å². The highest BCUT2D eigenvalue weighted by Crippen LogP contribution is 2.37.